The molecule has 0 amide bonds. The first-order chi connectivity index (χ1) is 16.1. The van der Waals surface area contributed by atoms with Gasteiger partial charge in [-0.05, 0) is 57.2 Å². The van der Waals surface area contributed by atoms with E-state index in [0.717, 1.165) is 43.2 Å². The van der Waals surface area contributed by atoms with Crippen molar-refractivity contribution in [1.29, 1.82) is 0 Å². The van der Waals surface area contributed by atoms with Crippen LogP contribution in [0.4, 0.5) is 5.69 Å². The maximum Gasteiger partial charge on any atom is 0.254 e. The monoisotopic (exact) mass is 449 g/mol. The Hall–Kier alpha value is -3.20. The van der Waals surface area contributed by atoms with Gasteiger partial charge in [0, 0.05) is 48.8 Å². The molecule has 3 aromatic heterocycles. The van der Waals surface area contributed by atoms with Crippen LogP contribution in [0.5, 0.6) is 5.75 Å². The lowest BCUT2D eigenvalue weighted by Crippen LogP contribution is -2.46. The Labute approximate surface area is 193 Å². The summed E-state index contributed by atoms with van der Waals surface area (Å²) in [5.74, 6) is 1.54. The van der Waals surface area contributed by atoms with Crippen LogP contribution in [-0.4, -0.2) is 57.3 Å². The molecule has 1 saturated carbocycles. The van der Waals surface area contributed by atoms with Gasteiger partial charge in [-0.1, -0.05) is 5.21 Å². The summed E-state index contributed by atoms with van der Waals surface area (Å²) in [7, 11) is 1.60. The number of anilines is 1. The van der Waals surface area contributed by atoms with E-state index in [1.165, 1.54) is 19.3 Å². The van der Waals surface area contributed by atoms with E-state index in [1.807, 2.05) is 31.5 Å². The predicted molar refractivity (Wildman–Crippen MR) is 127 cm³/mol. The van der Waals surface area contributed by atoms with E-state index in [4.69, 9.17) is 4.74 Å². The Morgan fingerprint density at radius 2 is 2.12 bits per heavy atom. The molecule has 4 heterocycles. The number of aromatic nitrogens is 5. The van der Waals surface area contributed by atoms with Crippen LogP contribution in [0.25, 0.3) is 11.3 Å². The fourth-order valence-corrected chi connectivity index (χ4v) is 4.41. The molecule has 3 aromatic rings. The number of hydrogen-bond donors (Lipinski definition) is 1. The van der Waals surface area contributed by atoms with Crippen molar-refractivity contribution in [2.24, 2.45) is 5.92 Å². The Bertz CT molecular complexity index is 1150. The third kappa shape index (κ3) is 4.93. The van der Waals surface area contributed by atoms with Gasteiger partial charge in [0.15, 0.2) is 0 Å². The topological polar surface area (TPSA) is 90.1 Å². The highest BCUT2D eigenvalue weighted by atomic mass is 16.5. The molecule has 9 nitrogen and oxygen atoms in total. The molecule has 1 aliphatic heterocycles. The largest absolute Gasteiger partial charge is 0.495 e. The van der Waals surface area contributed by atoms with Gasteiger partial charge >= 0.3 is 0 Å². The van der Waals surface area contributed by atoms with E-state index in [1.54, 1.807) is 34.8 Å². The lowest BCUT2D eigenvalue weighted by atomic mass is 10.0. The number of nitrogens with one attached hydrogen (secondary N) is 1. The molecule has 2 aliphatic rings. The van der Waals surface area contributed by atoms with Crippen molar-refractivity contribution < 1.29 is 4.74 Å². The molecule has 1 unspecified atom stereocenters. The first-order valence-electron chi connectivity index (χ1n) is 11.7. The number of ether oxygens (including phenoxy) is 1. The van der Waals surface area contributed by atoms with Crippen LogP contribution in [0.3, 0.4) is 0 Å². The minimum absolute atomic E-state index is 0.0480. The zero-order valence-electron chi connectivity index (χ0n) is 19.2. The van der Waals surface area contributed by atoms with Gasteiger partial charge in [-0.2, -0.15) is 0 Å². The van der Waals surface area contributed by atoms with Crippen LogP contribution in [0, 0.1) is 5.92 Å². The zero-order chi connectivity index (χ0) is 22.8. The quantitative estimate of drug-likeness (QED) is 0.565. The highest BCUT2D eigenvalue weighted by Crippen LogP contribution is 2.28. The first-order valence-corrected chi connectivity index (χ1v) is 11.7. The highest BCUT2D eigenvalue weighted by Gasteiger charge is 2.25. The molecule has 5 rings (SSSR count). The Balaban J connectivity index is 1.29. The zero-order valence-corrected chi connectivity index (χ0v) is 19.2. The number of hydrogen-bond acceptors (Lipinski definition) is 7. The van der Waals surface area contributed by atoms with E-state index in [0.29, 0.717) is 17.5 Å². The number of methoxy groups -OCH3 is 1. The van der Waals surface area contributed by atoms with Crippen molar-refractivity contribution in [3.63, 3.8) is 0 Å². The van der Waals surface area contributed by atoms with Crippen molar-refractivity contribution in [2.45, 2.75) is 44.8 Å². The van der Waals surface area contributed by atoms with Crippen LogP contribution in [0.15, 0.2) is 47.8 Å². The fraction of sp³-hybridized carbons (Fsp3) is 0.500. The normalized spacial score (nSPS) is 19.5. The average molecular weight is 450 g/mol. The first kappa shape index (κ1) is 21.6. The third-order valence-electron chi connectivity index (χ3n) is 6.65. The Morgan fingerprint density at radius 3 is 2.91 bits per heavy atom. The maximum atomic E-state index is 13.0. The standard InChI is InChI=1S/C24H31N7O2/c1-17(31-16-23(27-28-31)19-10-22(33-2)14-25-13-19)30-9-7-21(11-24(30)32)29-8-3-4-20(15-29)26-12-18-5-6-18/h7,9-11,13-14,16-18,20,26H,3-6,8,12,15H2,1-2H3/t17?,20-/m1/s1. The minimum Gasteiger partial charge on any atom is -0.495 e. The summed E-state index contributed by atoms with van der Waals surface area (Å²) < 4.78 is 8.61. The molecule has 0 aromatic carbocycles. The van der Waals surface area contributed by atoms with Crippen molar-refractivity contribution in [1.82, 2.24) is 29.9 Å². The van der Waals surface area contributed by atoms with E-state index in [9.17, 15) is 4.79 Å². The number of rotatable bonds is 8. The fourth-order valence-electron chi connectivity index (χ4n) is 4.41. The summed E-state index contributed by atoms with van der Waals surface area (Å²) in [5.41, 5.74) is 2.43. The second kappa shape index (κ2) is 9.35. The van der Waals surface area contributed by atoms with Crippen molar-refractivity contribution in [2.75, 3.05) is 31.6 Å². The predicted octanol–water partition coefficient (Wildman–Crippen LogP) is 2.55. The van der Waals surface area contributed by atoms with Gasteiger partial charge in [-0.25, -0.2) is 4.68 Å². The van der Waals surface area contributed by atoms with Crippen LogP contribution < -0.4 is 20.5 Å². The van der Waals surface area contributed by atoms with E-state index in [2.05, 4.69) is 25.5 Å². The van der Waals surface area contributed by atoms with Crippen LogP contribution in [0.1, 0.15) is 38.8 Å². The van der Waals surface area contributed by atoms with Gasteiger partial charge < -0.3 is 15.0 Å². The Morgan fingerprint density at radius 1 is 1.24 bits per heavy atom. The van der Waals surface area contributed by atoms with Gasteiger partial charge in [0.2, 0.25) is 0 Å². The summed E-state index contributed by atoms with van der Waals surface area (Å²) in [6.45, 7) is 5.00. The molecule has 0 spiro atoms. The van der Waals surface area contributed by atoms with Crippen molar-refractivity contribution >= 4 is 5.69 Å². The summed E-state index contributed by atoms with van der Waals surface area (Å²) >= 11 is 0. The molecule has 0 bridgehead atoms. The van der Waals surface area contributed by atoms with Crippen LogP contribution in [0.2, 0.25) is 0 Å². The molecule has 2 fully saturated rings. The molecular weight excluding hydrogens is 418 g/mol. The number of nitrogens with zero attached hydrogens (tertiary/aromatic N) is 6. The summed E-state index contributed by atoms with van der Waals surface area (Å²) in [6, 6.07) is 6.13. The third-order valence-corrected chi connectivity index (χ3v) is 6.65. The molecule has 0 radical (unpaired) electrons. The number of pyridine rings is 2. The summed E-state index contributed by atoms with van der Waals surface area (Å²) in [5, 5.41) is 12.2. The van der Waals surface area contributed by atoms with Gasteiger partial charge in [0.1, 0.15) is 17.6 Å². The minimum atomic E-state index is -0.305. The molecular formula is C24H31N7O2. The van der Waals surface area contributed by atoms with Crippen LogP contribution in [-0.2, 0) is 0 Å². The summed E-state index contributed by atoms with van der Waals surface area (Å²) in [4.78, 5) is 19.5. The highest BCUT2D eigenvalue weighted by molar-refractivity contribution is 5.58. The second-order valence-corrected chi connectivity index (χ2v) is 9.10. The molecule has 9 heteroatoms. The van der Waals surface area contributed by atoms with Gasteiger partial charge in [0.05, 0.1) is 19.5 Å². The van der Waals surface area contributed by atoms with E-state index in [-0.39, 0.29) is 11.7 Å². The molecule has 1 saturated heterocycles. The summed E-state index contributed by atoms with van der Waals surface area (Å²) in [6.07, 6.45) is 11.8. The second-order valence-electron chi connectivity index (χ2n) is 9.10. The maximum absolute atomic E-state index is 13.0. The smallest absolute Gasteiger partial charge is 0.254 e. The van der Waals surface area contributed by atoms with E-state index < -0.39 is 0 Å². The van der Waals surface area contributed by atoms with E-state index >= 15 is 0 Å². The lowest BCUT2D eigenvalue weighted by molar-refractivity contribution is 0.403. The van der Waals surface area contributed by atoms with Gasteiger partial charge in [-0.15, -0.1) is 5.10 Å². The van der Waals surface area contributed by atoms with Crippen molar-refractivity contribution in [3.05, 3.63) is 53.3 Å². The molecule has 33 heavy (non-hydrogen) atoms. The van der Waals surface area contributed by atoms with Gasteiger partial charge in [0.25, 0.3) is 5.56 Å². The molecule has 2 atom stereocenters. The molecule has 1 N–H and O–H groups in total. The van der Waals surface area contributed by atoms with Gasteiger partial charge in [-0.3, -0.25) is 14.3 Å². The number of piperidine rings is 1. The molecule has 174 valence electrons. The average Bonchev–Trinajstić information content (AvgIpc) is 3.55. The SMILES string of the molecule is COc1cncc(-c2cn(C(C)n3ccc(N4CCC[C@@H](NCC5CC5)C4)cc3=O)nn2)c1. The van der Waals surface area contributed by atoms with Crippen molar-refractivity contribution in [3.8, 4) is 17.0 Å². The molecule has 1 aliphatic carbocycles. The van der Waals surface area contributed by atoms with Crippen LogP contribution >= 0.6 is 0 Å². The lowest BCUT2D eigenvalue weighted by Gasteiger charge is -2.35. The Kier molecular flexibility index (Phi) is 6.13.